The van der Waals surface area contributed by atoms with E-state index in [0.717, 1.165) is 23.5 Å². The highest BCUT2D eigenvalue weighted by atomic mass is 19.1. The molecule has 0 aliphatic heterocycles. The number of nitrogens with one attached hydrogen (secondary N) is 1. The van der Waals surface area contributed by atoms with E-state index in [2.05, 4.69) is 15.4 Å². The lowest BCUT2D eigenvalue weighted by molar-refractivity contribution is -0.116. The number of rotatable bonds is 6. The van der Waals surface area contributed by atoms with Crippen LogP contribution in [0.3, 0.4) is 0 Å². The molecule has 4 rings (SSSR count). The first-order valence-corrected chi connectivity index (χ1v) is 9.74. The van der Waals surface area contributed by atoms with Crippen LogP contribution in [0.4, 0.5) is 14.5 Å². The van der Waals surface area contributed by atoms with E-state index in [0.29, 0.717) is 17.3 Å². The molecule has 2 aromatic carbocycles. The first kappa shape index (κ1) is 20.5. The minimum atomic E-state index is -0.734. The lowest BCUT2D eigenvalue weighted by atomic mass is 10.2. The Morgan fingerprint density at radius 3 is 2.65 bits per heavy atom. The number of nitrogens with zero attached hydrogens (tertiary/aromatic N) is 3. The van der Waals surface area contributed by atoms with Crippen molar-refractivity contribution >= 4 is 11.6 Å². The van der Waals surface area contributed by atoms with Gasteiger partial charge >= 0.3 is 0 Å². The van der Waals surface area contributed by atoms with Gasteiger partial charge in [-0.2, -0.15) is 5.10 Å². The van der Waals surface area contributed by atoms with Crippen molar-refractivity contribution in [2.75, 3.05) is 5.32 Å². The van der Waals surface area contributed by atoms with Gasteiger partial charge in [-0.25, -0.2) is 18.4 Å². The van der Waals surface area contributed by atoms with Crippen molar-refractivity contribution in [1.82, 2.24) is 14.8 Å². The van der Waals surface area contributed by atoms with Gasteiger partial charge in [0.2, 0.25) is 5.91 Å². The Morgan fingerprint density at radius 2 is 1.90 bits per heavy atom. The molecule has 2 aromatic heterocycles. The zero-order valence-electron chi connectivity index (χ0n) is 17.0. The first-order chi connectivity index (χ1) is 14.9. The Bertz CT molecular complexity index is 1230. The molecule has 6 nitrogen and oxygen atoms in total. The number of amides is 1. The van der Waals surface area contributed by atoms with Crippen LogP contribution >= 0.6 is 0 Å². The zero-order chi connectivity index (χ0) is 22.0. The number of hydrogen-bond donors (Lipinski definition) is 1. The number of aryl methyl sites for hydroxylation is 2. The van der Waals surface area contributed by atoms with Crippen LogP contribution in [-0.4, -0.2) is 20.7 Å². The van der Waals surface area contributed by atoms with Crippen molar-refractivity contribution < 1.29 is 18.0 Å². The second-order valence-corrected chi connectivity index (χ2v) is 7.08. The van der Waals surface area contributed by atoms with Gasteiger partial charge in [0, 0.05) is 18.9 Å². The first-order valence-electron chi connectivity index (χ1n) is 9.74. The largest absolute Gasteiger partial charge is 0.441 e. The summed E-state index contributed by atoms with van der Waals surface area (Å²) in [5.41, 5.74) is 3.21. The van der Waals surface area contributed by atoms with Crippen LogP contribution in [0, 0.1) is 25.5 Å². The highest BCUT2D eigenvalue weighted by Crippen LogP contribution is 2.25. The zero-order valence-corrected chi connectivity index (χ0v) is 17.0. The molecular formula is C23H20F2N4O2. The fraction of sp³-hybridized carbons (Fsp3) is 0.174. The van der Waals surface area contributed by atoms with Gasteiger partial charge < -0.3 is 9.73 Å². The highest BCUT2D eigenvalue weighted by Gasteiger charge is 2.17. The summed E-state index contributed by atoms with van der Waals surface area (Å²) in [5.74, 6) is -1.14. The van der Waals surface area contributed by atoms with E-state index in [1.807, 2.05) is 44.2 Å². The maximum atomic E-state index is 13.9. The van der Waals surface area contributed by atoms with Gasteiger partial charge in [-0.3, -0.25) is 4.79 Å². The highest BCUT2D eigenvalue weighted by molar-refractivity contribution is 5.92. The van der Waals surface area contributed by atoms with E-state index >= 15 is 0 Å². The molecule has 1 N–H and O–H groups in total. The van der Waals surface area contributed by atoms with E-state index in [1.54, 1.807) is 4.68 Å². The van der Waals surface area contributed by atoms with E-state index in [4.69, 9.17) is 4.42 Å². The van der Waals surface area contributed by atoms with Crippen molar-refractivity contribution in [3.8, 4) is 17.0 Å². The molecule has 0 fully saturated rings. The fourth-order valence-electron chi connectivity index (χ4n) is 3.31. The number of hydrogen-bond acceptors (Lipinski definition) is 4. The third-order valence-corrected chi connectivity index (χ3v) is 4.87. The van der Waals surface area contributed by atoms with Crippen LogP contribution in [-0.2, 0) is 11.2 Å². The molecule has 8 heteroatoms. The number of para-hydroxylation sites is 1. The summed E-state index contributed by atoms with van der Waals surface area (Å²) in [6.45, 7) is 3.72. The van der Waals surface area contributed by atoms with Gasteiger partial charge in [-0.05, 0) is 38.1 Å². The summed E-state index contributed by atoms with van der Waals surface area (Å²) in [7, 11) is 0. The minimum Gasteiger partial charge on any atom is -0.441 e. The predicted octanol–water partition coefficient (Wildman–Crippen LogP) is 4.99. The Balaban J connectivity index is 1.42. The maximum absolute atomic E-state index is 13.9. The molecule has 2 heterocycles. The normalized spacial score (nSPS) is 11.0. The number of halogens is 2. The van der Waals surface area contributed by atoms with E-state index in [9.17, 15) is 13.6 Å². The molecule has 31 heavy (non-hydrogen) atoms. The van der Waals surface area contributed by atoms with Gasteiger partial charge in [0.05, 0.1) is 34.5 Å². The predicted molar refractivity (Wildman–Crippen MR) is 112 cm³/mol. The van der Waals surface area contributed by atoms with E-state index in [1.165, 1.54) is 12.3 Å². The molecule has 0 saturated heterocycles. The summed E-state index contributed by atoms with van der Waals surface area (Å²) < 4.78 is 34.3. The summed E-state index contributed by atoms with van der Waals surface area (Å²) in [6.07, 6.45) is 1.72. The van der Waals surface area contributed by atoms with Gasteiger partial charge in [-0.1, -0.05) is 18.2 Å². The minimum absolute atomic E-state index is 0.115. The second-order valence-electron chi connectivity index (χ2n) is 7.08. The molecule has 0 unspecified atom stereocenters. The topological polar surface area (TPSA) is 73.0 Å². The number of oxazole rings is 1. The molecule has 0 bridgehead atoms. The number of anilines is 1. The summed E-state index contributed by atoms with van der Waals surface area (Å²) in [4.78, 5) is 16.6. The number of carbonyl (C=O) groups is 1. The third-order valence-electron chi connectivity index (χ3n) is 4.87. The smallest absolute Gasteiger partial charge is 0.224 e. The molecular weight excluding hydrogens is 402 g/mol. The van der Waals surface area contributed by atoms with Gasteiger partial charge in [0.25, 0.3) is 0 Å². The van der Waals surface area contributed by atoms with Crippen LogP contribution in [0.5, 0.6) is 0 Å². The van der Waals surface area contributed by atoms with Crippen LogP contribution in [0.2, 0.25) is 0 Å². The molecule has 4 aromatic rings. The van der Waals surface area contributed by atoms with Crippen LogP contribution in [0.15, 0.2) is 59.1 Å². The van der Waals surface area contributed by atoms with Crippen molar-refractivity contribution in [1.29, 1.82) is 0 Å². The summed E-state index contributed by atoms with van der Waals surface area (Å²) >= 11 is 0. The Morgan fingerprint density at radius 1 is 1.13 bits per heavy atom. The Labute approximate surface area is 177 Å². The quantitative estimate of drug-likeness (QED) is 0.475. The van der Waals surface area contributed by atoms with Crippen LogP contribution < -0.4 is 5.32 Å². The lowest BCUT2D eigenvalue weighted by Crippen LogP contribution is -2.13. The molecule has 1 amide bonds. The average molecular weight is 422 g/mol. The van der Waals surface area contributed by atoms with Crippen molar-refractivity contribution in [2.24, 2.45) is 0 Å². The monoisotopic (exact) mass is 422 g/mol. The van der Waals surface area contributed by atoms with Crippen molar-refractivity contribution in [3.63, 3.8) is 0 Å². The molecule has 0 spiro atoms. The molecule has 0 aliphatic rings. The standard InChI is InChI=1S/C23H20F2N4O2/c1-14-23(15(2)29(28-14)17-6-4-3-5-7-17)27-21(30)10-11-22-26-13-20(31-22)18-9-8-16(24)12-19(18)25/h3-9,12-13H,10-11H2,1-2H3,(H,27,30). The maximum Gasteiger partial charge on any atom is 0.224 e. The van der Waals surface area contributed by atoms with Crippen molar-refractivity contribution in [3.05, 3.63) is 83.6 Å². The average Bonchev–Trinajstić information content (AvgIpc) is 3.33. The van der Waals surface area contributed by atoms with Crippen LogP contribution in [0.25, 0.3) is 17.0 Å². The van der Waals surface area contributed by atoms with Gasteiger partial charge in [0.1, 0.15) is 11.6 Å². The molecule has 0 radical (unpaired) electrons. The summed E-state index contributed by atoms with van der Waals surface area (Å²) in [5, 5.41) is 7.41. The second kappa shape index (κ2) is 8.51. The number of carbonyl (C=O) groups excluding carboxylic acids is 1. The molecule has 158 valence electrons. The summed E-state index contributed by atoms with van der Waals surface area (Å²) in [6, 6.07) is 12.9. The lowest BCUT2D eigenvalue weighted by Gasteiger charge is -2.06. The molecule has 0 saturated carbocycles. The fourth-order valence-corrected chi connectivity index (χ4v) is 3.31. The Hall–Kier alpha value is -3.81. The number of benzene rings is 2. The molecule has 0 atom stereocenters. The van der Waals surface area contributed by atoms with Gasteiger partial charge in [0.15, 0.2) is 11.7 Å². The third kappa shape index (κ3) is 4.37. The Kier molecular flexibility index (Phi) is 5.62. The van der Waals surface area contributed by atoms with Crippen molar-refractivity contribution in [2.45, 2.75) is 26.7 Å². The van der Waals surface area contributed by atoms with E-state index in [-0.39, 0.29) is 30.1 Å². The van der Waals surface area contributed by atoms with E-state index < -0.39 is 11.6 Å². The van der Waals surface area contributed by atoms with Gasteiger partial charge in [-0.15, -0.1) is 0 Å². The van der Waals surface area contributed by atoms with Crippen LogP contribution in [0.1, 0.15) is 23.7 Å². The number of aromatic nitrogens is 3. The SMILES string of the molecule is Cc1nn(-c2ccccc2)c(C)c1NC(=O)CCc1ncc(-c2ccc(F)cc2F)o1. The molecule has 0 aliphatic carbocycles.